The van der Waals surface area contributed by atoms with Crippen LogP contribution in [-0.4, -0.2) is 33.2 Å². The largest absolute Gasteiger partial charge is 0.378 e. The third kappa shape index (κ3) is 5.42. The number of aromatic nitrogens is 1. The number of anilines is 4. The van der Waals surface area contributed by atoms with Crippen molar-refractivity contribution < 1.29 is 8.42 Å². The van der Waals surface area contributed by atoms with Gasteiger partial charge in [0.25, 0.3) is 0 Å². The van der Waals surface area contributed by atoms with Crippen molar-refractivity contribution in [1.29, 1.82) is 0 Å². The van der Waals surface area contributed by atoms with E-state index in [-0.39, 0.29) is 5.75 Å². The van der Waals surface area contributed by atoms with Crippen molar-refractivity contribution in [1.82, 2.24) is 4.98 Å². The fourth-order valence-corrected chi connectivity index (χ4v) is 3.29. The van der Waals surface area contributed by atoms with E-state index in [2.05, 4.69) is 15.0 Å². The molecule has 2 rings (SSSR count). The lowest BCUT2D eigenvalue weighted by atomic mass is 10.2. The first-order chi connectivity index (χ1) is 11.4. The molecule has 0 amide bonds. The lowest BCUT2D eigenvalue weighted by molar-refractivity contribution is 0.597. The van der Waals surface area contributed by atoms with Crippen LogP contribution in [0.3, 0.4) is 0 Å². The second-order valence-corrected chi connectivity index (χ2v) is 7.61. The Morgan fingerprint density at radius 2 is 1.71 bits per heavy atom. The van der Waals surface area contributed by atoms with Gasteiger partial charge in [0.05, 0.1) is 17.6 Å². The summed E-state index contributed by atoms with van der Waals surface area (Å²) in [7, 11) is 0.666. The van der Waals surface area contributed by atoms with Gasteiger partial charge in [-0.2, -0.15) is 0 Å². The van der Waals surface area contributed by atoms with Crippen molar-refractivity contribution in [2.24, 2.45) is 0 Å². The zero-order valence-corrected chi connectivity index (χ0v) is 15.1. The smallest absolute Gasteiger partial charge is 0.233 e. The lowest BCUT2D eigenvalue weighted by Crippen LogP contribution is -2.17. The molecule has 0 fully saturated rings. The van der Waals surface area contributed by atoms with Crippen LogP contribution in [0.2, 0.25) is 0 Å². The van der Waals surface area contributed by atoms with Crippen molar-refractivity contribution in [2.45, 2.75) is 19.8 Å². The number of hydrogen-bond acceptors (Lipinski definition) is 5. The number of nitrogens with one attached hydrogen (secondary N) is 2. The summed E-state index contributed by atoms with van der Waals surface area (Å²) in [4.78, 5) is 6.19. The Morgan fingerprint density at radius 3 is 2.25 bits per heavy atom. The van der Waals surface area contributed by atoms with Crippen LogP contribution in [0.1, 0.15) is 19.8 Å². The highest BCUT2D eigenvalue weighted by Gasteiger charge is 2.10. The summed E-state index contributed by atoms with van der Waals surface area (Å²) in [6.45, 7) is 1.96. The second kappa shape index (κ2) is 8.01. The minimum absolute atomic E-state index is 0.114. The molecule has 0 spiro atoms. The van der Waals surface area contributed by atoms with Crippen molar-refractivity contribution in [3.63, 3.8) is 0 Å². The van der Waals surface area contributed by atoms with Gasteiger partial charge >= 0.3 is 0 Å². The molecular weight excluding hydrogens is 324 g/mol. The Hall–Kier alpha value is -2.28. The number of nitrogens with zero attached hydrogens (tertiary/aromatic N) is 2. The molecule has 24 heavy (non-hydrogen) atoms. The van der Waals surface area contributed by atoms with Crippen LogP contribution in [0, 0.1) is 0 Å². The van der Waals surface area contributed by atoms with Gasteiger partial charge in [0.1, 0.15) is 5.82 Å². The van der Waals surface area contributed by atoms with Crippen LogP contribution in [0.15, 0.2) is 42.6 Å². The molecule has 0 radical (unpaired) electrons. The van der Waals surface area contributed by atoms with E-state index >= 15 is 0 Å². The first-order valence-corrected chi connectivity index (χ1v) is 9.56. The van der Waals surface area contributed by atoms with Crippen LogP contribution in [0.25, 0.3) is 0 Å². The quantitative estimate of drug-likeness (QED) is 0.764. The topological polar surface area (TPSA) is 74.3 Å². The zero-order valence-electron chi connectivity index (χ0n) is 14.3. The normalized spacial score (nSPS) is 11.1. The fraction of sp³-hybridized carbons (Fsp3) is 0.353. The summed E-state index contributed by atoms with van der Waals surface area (Å²) in [5.74, 6) is 0.447. The molecule has 0 unspecified atom stereocenters. The van der Waals surface area contributed by atoms with Crippen molar-refractivity contribution in [2.75, 3.05) is 34.8 Å². The molecule has 2 aromatic rings. The van der Waals surface area contributed by atoms with Gasteiger partial charge in [-0.1, -0.05) is 13.3 Å². The molecule has 0 aliphatic rings. The maximum atomic E-state index is 11.9. The first kappa shape index (κ1) is 18.1. The van der Waals surface area contributed by atoms with Gasteiger partial charge < -0.3 is 10.2 Å². The molecule has 0 aliphatic heterocycles. The molecule has 1 heterocycles. The van der Waals surface area contributed by atoms with E-state index < -0.39 is 10.0 Å². The average Bonchev–Trinajstić information content (AvgIpc) is 2.55. The van der Waals surface area contributed by atoms with E-state index in [1.54, 1.807) is 18.3 Å². The number of unbranched alkanes of at least 4 members (excludes halogenated alkanes) is 1. The van der Waals surface area contributed by atoms with Gasteiger partial charge in [-0.05, 0) is 42.8 Å². The van der Waals surface area contributed by atoms with Crippen molar-refractivity contribution in [3.05, 3.63) is 42.6 Å². The average molecular weight is 348 g/mol. The number of rotatable bonds is 8. The predicted molar refractivity (Wildman–Crippen MR) is 101 cm³/mol. The molecule has 130 valence electrons. The highest BCUT2D eigenvalue weighted by Crippen LogP contribution is 2.20. The highest BCUT2D eigenvalue weighted by atomic mass is 32.2. The third-order valence-corrected chi connectivity index (χ3v) is 4.81. The van der Waals surface area contributed by atoms with Gasteiger partial charge in [-0.3, -0.25) is 4.72 Å². The SMILES string of the molecule is CCCCS(=O)(=O)Nc1ccc(Nc2ccc(N(C)C)cc2)cn1. The fourth-order valence-electron chi connectivity index (χ4n) is 2.08. The second-order valence-electron chi connectivity index (χ2n) is 5.77. The third-order valence-electron chi connectivity index (χ3n) is 3.46. The molecule has 0 saturated carbocycles. The molecule has 6 nitrogen and oxygen atoms in total. The van der Waals surface area contributed by atoms with Crippen LogP contribution >= 0.6 is 0 Å². The van der Waals surface area contributed by atoms with E-state index in [0.717, 1.165) is 23.5 Å². The molecular formula is C17H24N4O2S. The maximum absolute atomic E-state index is 11.9. The first-order valence-electron chi connectivity index (χ1n) is 7.90. The Kier molecular flexibility index (Phi) is 6.03. The molecule has 0 atom stereocenters. The van der Waals surface area contributed by atoms with Crippen molar-refractivity contribution in [3.8, 4) is 0 Å². The monoisotopic (exact) mass is 348 g/mol. The Balaban J connectivity index is 1.99. The molecule has 0 aliphatic carbocycles. The van der Waals surface area contributed by atoms with Gasteiger partial charge in [0, 0.05) is 25.5 Å². The van der Waals surface area contributed by atoms with Gasteiger partial charge in [-0.25, -0.2) is 13.4 Å². The van der Waals surface area contributed by atoms with Crippen molar-refractivity contribution >= 4 is 32.9 Å². The van der Waals surface area contributed by atoms with E-state index in [1.165, 1.54) is 0 Å². The zero-order chi connectivity index (χ0) is 17.6. The molecule has 2 N–H and O–H groups in total. The molecule has 0 saturated heterocycles. The minimum Gasteiger partial charge on any atom is -0.378 e. The minimum atomic E-state index is -3.32. The Labute approximate surface area is 144 Å². The maximum Gasteiger partial charge on any atom is 0.233 e. The van der Waals surface area contributed by atoms with Gasteiger partial charge in [-0.15, -0.1) is 0 Å². The van der Waals surface area contributed by atoms with E-state index in [9.17, 15) is 8.42 Å². The van der Waals surface area contributed by atoms with Crippen LogP contribution in [0.5, 0.6) is 0 Å². The Bertz CT molecular complexity index is 741. The van der Waals surface area contributed by atoms with Crippen LogP contribution in [-0.2, 0) is 10.0 Å². The van der Waals surface area contributed by atoms with Gasteiger partial charge in [0.15, 0.2) is 0 Å². The highest BCUT2D eigenvalue weighted by molar-refractivity contribution is 7.92. The molecule has 1 aromatic carbocycles. The molecule has 0 bridgehead atoms. The van der Waals surface area contributed by atoms with Crippen LogP contribution < -0.4 is 14.9 Å². The number of benzene rings is 1. The van der Waals surface area contributed by atoms with Crippen LogP contribution in [0.4, 0.5) is 22.9 Å². The summed E-state index contributed by atoms with van der Waals surface area (Å²) in [5, 5.41) is 3.24. The summed E-state index contributed by atoms with van der Waals surface area (Å²) >= 11 is 0. The van der Waals surface area contributed by atoms with E-state index in [1.807, 2.05) is 50.2 Å². The summed E-state index contributed by atoms with van der Waals surface area (Å²) in [5.41, 5.74) is 2.86. The number of pyridine rings is 1. The summed E-state index contributed by atoms with van der Waals surface area (Å²) in [6, 6.07) is 11.5. The Morgan fingerprint density at radius 1 is 1.04 bits per heavy atom. The molecule has 1 aromatic heterocycles. The standard InChI is InChI=1S/C17H24N4O2S/c1-4-5-12-24(22,23)20-17-11-8-15(13-18-17)19-14-6-9-16(10-7-14)21(2)3/h6-11,13,19H,4-5,12H2,1-3H3,(H,18,20). The number of hydrogen-bond donors (Lipinski definition) is 2. The van der Waals surface area contributed by atoms with E-state index in [4.69, 9.17) is 0 Å². The van der Waals surface area contributed by atoms with E-state index in [0.29, 0.717) is 12.2 Å². The summed E-state index contributed by atoms with van der Waals surface area (Å²) < 4.78 is 26.2. The van der Waals surface area contributed by atoms with Gasteiger partial charge in [0.2, 0.25) is 10.0 Å². The predicted octanol–water partition coefficient (Wildman–Crippen LogP) is 3.43. The lowest BCUT2D eigenvalue weighted by Gasteiger charge is -2.13. The molecule has 7 heteroatoms. The number of sulfonamides is 1. The summed E-state index contributed by atoms with van der Waals surface area (Å²) in [6.07, 6.45) is 3.08.